The maximum atomic E-state index is 5.47. The lowest BCUT2D eigenvalue weighted by atomic mass is 10.00. The highest BCUT2D eigenvalue weighted by Gasteiger charge is 2.22. The molecule has 0 atom stereocenters. The van der Waals surface area contributed by atoms with Crippen molar-refractivity contribution in [3.63, 3.8) is 0 Å². The number of aromatic nitrogens is 3. The number of thiophene rings is 2. The predicted octanol–water partition coefficient (Wildman–Crippen LogP) is 13.9. The van der Waals surface area contributed by atoms with E-state index in [1.165, 1.54) is 73.0 Å². The normalized spacial score (nSPS) is 12.2. The van der Waals surface area contributed by atoms with Crippen LogP contribution >= 0.6 is 22.7 Å². The number of rotatable bonds is 3. The second-order valence-corrected chi connectivity index (χ2v) is 15.9. The molecule has 246 valence electrons. The summed E-state index contributed by atoms with van der Waals surface area (Å²) in [5.74, 6) is 0.677. The van der Waals surface area contributed by atoms with E-state index >= 15 is 0 Å². The van der Waals surface area contributed by atoms with E-state index in [9.17, 15) is 0 Å². The van der Waals surface area contributed by atoms with E-state index in [0.717, 1.165) is 33.2 Å². The number of para-hydroxylation sites is 2. The highest BCUT2D eigenvalue weighted by Crippen LogP contribution is 2.46. The summed E-state index contributed by atoms with van der Waals surface area (Å²) >= 11 is 3.74. The molecule has 0 unspecified atom stereocenters. The van der Waals surface area contributed by atoms with Gasteiger partial charge in [-0.3, -0.25) is 4.57 Å². The second kappa shape index (κ2) is 11.1. The molecule has 8 aromatic carbocycles. The maximum absolute atomic E-state index is 5.47. The molecule has 4 aromatic heterocycles. The number of hydrogen-bond donors (Lipinski definition) is 0. The molecule has 0 amide bonds. The van der Waals surface area contributed by atoms with Crippen molar-refractivity contribution in [3.8, 4) is 28.3 Å². The van der Waals surface area contributed by atoms with Gasteiger partial charge in [0.15, 0.2) is 0 Å². The smallest absolute Gasteiger partial charge is 0.235 e. The first-order chi connectivity index (χ1) is 26.3. The molecule has 53 heavy (non-hydrogen) atoms. The van der Waals surface area contributed by atoms with Crippen molar-refractivity contribution in [2.75, 3.05) is 0 Å². The van der Waals surface area contributed by atoms with Gasteiger partial charge in [0.1, 0.15) is 0 Å². The van der Waals surface area contributed by atoms with Gasteiger partial charge in [0.2, 0.25) is 5.95 Å². The molecule has 0 fully saturated rings. The molecular formula is C48H27N3S2. The largest absolute Gasteiger partial charge is 0.277 e. The third-order valence-corrected chi connectivity index (χ3v) is 13.2. The van der Waals surface area contributed by atoms with Gasteiger partial charge in [-0.1, -0.05) is 121 Å². The maximum Gasteiger partial charge on any atom is 0.235 e. The van der Waals surface area contributed by atoms with Crippen molar-refractivity contribution in [1.29, 1.82) is 0 Å². The van der Waals surface area contributed by atoms with Gasteiger partial charge in [-0.15, -0.1) is 22.7 Å². The summed E-state index contributed by atoms with van der Waals surface area (Å²) in [6, 6.07) is 59.3. The van der Waals surface area contributed by atoms with Crippen LogP contribution in [0.4, 0.5) is 0 Å². The average molecular weight is 710 g/mol. The first kappa shape index (κ1) is 29.2. The van der Waals surface area contributed by atoms with E-state index in [4.69, 9.17) is 9.97 Å². The Labute approximate surface area is 311 Å². The first-order valence-electron chi connectivity index (χ1n) is 17.8. The van der Waals surface area contributed by atoms with Crippen molar-refractivity contribution in [3.05, 3.63) is 164 Å². The Morgan fingerprint density at radius 3 is 2.11 bits per heavy atom. The lowest BCUT2D eigenvalue weighted by molar-refractivity contribution is 1.02. The molecule has 0 saturated carbocycles. The summed E-state index contributed by atoms with van der Waals surface area (Å²) in [5.41, 5.74) is 7.68. The Kier molecular flexibility index (Phi) is 6.09. The second-order valence-electron chi connectivity index (χ2n) is 13.7. The predicted molar refractivity (Wildman–Crippen MR) is 228 cm³/mol. The van der Waals surface area contributed by atoms with E-state index in [2.05, 4.69) is 168 Å². The van der Waals surface area contributed by atoms with Crippen molar-refractivity contribution < 1.29 is 0 Å². The zero-order valence-corrected chi connectivity index (χ0v) is 29.9. The molecule has 0 aliphatic heterocycles. The van der Waals surface area contributed by atoms with Gasteiger partial charge in [-0.05, 0) is 64.4 Å². The highest BCUT2D eigenvalue weighted by molar-refractivity contribution is 7.26. The third kappa shape index (κ3) is 4.26. The van der Waals surface area contributed by atoms with Gasteiger partial charge >= 0.3 is 0 Å². The molecular weight excluding hydrogens is 683 g/mol. The van der Waals surface area contributed by atoms with Gasteiger partial charge in [-0.2, -0.15) is 0 Å². The van der Waals surface area contributed by atoms with Crippen LogP contribution in [-0.2, 0) is 0 Å². The molecule has 0 spiro atoms. The quantitative estimate of drug-likeness (QED) is 0.183. The summed E-state index contributed by atoms with van der Waals surface area (Å²) in [5, 5.41) is 11.0. The topological polar surface area (TPSA) is 30.7 Å². The van der Waals surface area contributed by atoms with Gasteiger partial charge in [0.05, 0.1) is 22.2 Å². The summed E-state index contributed by atoms with van der Waals surface area (Å²) in [4.78, 5) is 10.8. The molecule has 0 radical (unpaired) electrons. The fraction of sp³-hybridized carbons (Fsp3) is 0. The molecule has 0 aliphatic carbocycles. The number of hydrogen-bond acceptors (Lipinski definition) is 4. The Morgan fingerprint density at radius 1 is 0.434 bits per heavy atom. The van der Waals surface area contributed by atoms with Crippen LogP contribution in [0, 0.1) is 0 Å². The Morgan fingerprint density at radius 2 is 1.17 bits per heavy atom. The van der Waals surface area contributed by atoms with Crippen LogP contribution in [0.3, 0.4) is 0 Å². The summed E-state index contributed by atoms with van der Waals surface area (Å²) in [6.07, 6.45) is 0. The minimum Gasteiger partial charge on any atom is -0.277 e. The molecule has 0 bridgehead atoms. The molecule has 0 N–H and O–H groups in total. The number of nitrogens with zero attached hydrogens (tertiary/aromatic N) is 3. The third-order valence-electron chi connectivity index (χ3n) is 10.8. The summed E-state index contributed by atoms with van der Waals surface area (Å²) in [7, 11) is 0. The monoisotopic (exact) mass is 709 g/mol. The van der Waals surface area contributed by atoms with Crippen molar-refractivity contribution in [2.24, 2.45) is 0 Å². The van der Waals surface area contributed by atoms with E-state index in [1.54, 1.807) is 0 Å². The summed E-state index contributed by atoms with van der Waals surface area (Å²) < 4.78 is 7.49. The van der Waals surface area contributed by atoms with E-state index < -0.39 is 0 Å². The SMILES string of the molecule is c1ccc2cc(-c3nc(-n4c5ccccc5c5ccc6sc7ccc(-c8cccc9c8sc8ccccc89)cc7c6c54)nc4ccccc34)ccc2c1. The molecule has 4 heterocycles. The highest BCUT2D eigenvalue weighted by atomic mass is 32.1. The zero-order valence-electron chi connectivity index (χ0n) is 28.2. The van der Waals surface area contributed by atoms with Gasteiger partial charge in [-0.25, -0.2) is 9.97 Å². The fourth-order valence-corrected chi connectivity index (χ4v) is 10.7. The first-order valence-corrected chi connectivity index (χ1v) is 19.5. The van der Waals surface area contributed by atoms with Gasteiger partial charge < -0.3 is 0 Å². The summed E-state index contributed by atoms with van der Waals surface area (Å²) in [6.45, 7) is 0. The van der Waals surface area contributed by atoms with Crippen LogP contribution in [-0.4, -0.2) is 14.5 Å². The Bertz CT molecular complexity index is 3480. The minimum atomic E-state index is 0.677. The van der Waals surface area contributed by atoms with Crippen LogP contribution in [0.25, 0.3) is 112 Å². The molecule has 3 nitrogen and oxygen atoms in total. The van der Waals surface area contributed by atoms with Gasteiger partial charge in [0.25, 0.3) is 0 Å². The molecule has 0 aliphatic rings. The van der Waals surface area contributed by atoms with E-state index in [0.29, 0.717) is 5.95 Å². The van der Waals surface area contributed by atoms with E-state index in [1.807, 2.05) is 22.7 Å². The van der Waals surface area contributed by atoms with Crippen molar-refractivity contribution in [1.82, 2.24) is 14.5 Å². The number of benzene rings is 8. The zero-order chi connectivity index (χ0) is 34.6. The van der Waals surface area contributed by atoms with Crippen LogP contribution in [0.5, 0.6) is 0 Å². The molecule has 12 rings (SSSR count). The Hall–Kier alpha value is -6.40. The number of fused-ring (bicyclic) bond motifs is 12. The van der Waals surface area contributed by atoms with Crippen molar-refractivity contribution >= 4 is 106 Å². The van der Waals surface area contributed by atoms with Crippen LogP contribution in [0.15, 0.2) is 164 Å². The fourth-order valence-electron chi connectivity index (χ4n) is 8.39. The lowest BCUT2D eigenvalue weighted by Crippen LogP contribution is -2.03. The van der Waals surface area contributed by atoms with Crippen molar-refractivity contribution in [2.45, 2.75) is 0 Å². The van der Waals surface area contributed by atoms with Crippen LogP contribution < -0.4 is 0 Å². The van der Waals surface area contributed by atoms with Crippen LogP contribution in [0.2, 0.25) is 0 Å². The average Bonchev–Trinajstić information content (AvgIpc) is 3.89. The molecule has 12 aromatic rings. The minimum absolute atomic E-state index is 0.677. The lowest BCUT2D eigenvalue weighted by Gasteiger charge is -2.13. The molecule has 0 saturated heterocycles. The van der Waals surface area contributed by atoms with Crippen LogP contribution in [0.1, 0.15) is 0 Å². The van der Waals surface area contributed by atoms with Gasteiger partial charge in [0, 0.05) is 62.1 Å². The molecule has 5 heteroatoms. The Balaban J connectivity index is 1.17. The van der Waals surface area contributed by atoms with E-state index in [-0.39, 0.29) is 0 Å². The standard InChI is InChI=1S/C48H27N3S2/c1-2-11-29-26-31(21-20-28(29)10-1)45-37-14-3-6-17-39(37)49-48(50-45)51-40-18-7-4-12-33(40)35-23-25-43-44(46(35)51)38-27-30(22-24-42(38)52-43)32-15-9-16-36-34-13-5-8-19-41(34)53-47(32)36/h1-27H.